The minimum atomic E-state index is 0.821. The number of hydrogen-bond donors (Lipinski definition) is 0. The summed E-state index contributed by atoms with van der Waals surface area (Å²) in [6, 6.07) is 4.32. The lowest BCUT2D eigenvalue weighted by Gasteiger charge is -2.24. The van der Waals surface area contributed by atoms with Crippen LogP contribution in [0.3, 0.4) is 0 Å². The minimum Gasteiger partial charge on any atom is -0.302 e. The molecule has 2 heterocycles. The molecule has 0 N–H and O–H groups in total. The van der Waals surface area contributed by atoms with Gasteiger partial charge >= 0.3 is 0 Å². The number of benzene rings is 1. The first-order valence-corrected chi connectivity index (χ1v) is 6.10. The van der Waals surface area contributed by atoms with Gasteiger partial charge in [-0.2, -0.15) is 0 Å². The molecule has 17 heavy (non-hydrogen) atoms. The van der Waals surface area contributed by atoms with Crippen LogP contribution < -0.4 is 0 Å². The highest BCUT2D eigenvalue weighted by Crippen LogP contribution is 2.22. The first-order chi connectivity index (χ1) is 8.26. The van der Waals surface area contributed by atoms with E-state index in [0.29, 0.717) is 0 Å². The number of hydrogen-bond acceptors (Lipinski definition) is 4. The van der Waals surface area contributed by atoms with E-state index in [9.17, 15) is 0 Å². The highest BCUT2D eigenvalue weighted by molar-refractivity contribution is 5.75. The Morgan fingerprint density at radius 1 is 1.18 bits per heavy atom. The van der Waals surface area contributed by atoms with Crippen molar-refractivity contribution in [1.29, 1.82) is 0 Å². The van der Waals surface area contributed by atoms with Crippen LogP contribution in [0.15, 0.2) is 12.1 Å². The Balaban J connectivity index is 2.15. The van der Waals surface area contributed by atoms with Crippen LogP contribution in [0.2, 0.25) is 0 Å². The summed E-state index contributed by atoms with van der Waals surface area (Å²) in [5.74, 6) is 0.821. The molecule has 1 aromatic carbocycles. The minimum absolute atomic E-state index is 0.821. The van der Waals surface area contributed by atoms with Crippen molar-refractivity contribution >= 4 is 11.0 Å². The molecule has 3 rings (SSSR count). The van der Waals surface area contributed by atoms with Crippen LogP contribution in [-0.4, -0.2) is 33.7 Å². The lowest BCUT2D eigenvalue weighted by molar-refractivity contribution is 0.313. The molecule has 0 unspecified atom stereocenters. The van der Waals surface area contributed by atoms with Crippen LogP contribution >= 0.6 is 0 Å². The maximum Gasteiger partial charge on any atom is 0.151 e. The number of fused-ring (bicyclic) bond motifs is 2. The molecule has 1 aliphatic rings. The van der Waals surface area contributed by atoms with Crippen LogP contribution in [0.4, 0.5) is 0 Å². The molecule has 0 fully saturated rings. The van der Waals surface area contributed by atoms with Crippen molar-refractivity contribution in [2.24, 2.45) is 0 Å². The maximum absolute atomic E-state index is 4.53. The van der Waals surface area contributed by atoms with Gasteiger partial charge in [-0.15, -0.1) is 10.2 Å². The molecule has 88 valence electrons. The highest BCUT2D eigenvalue weighted by atomic mass is 15.1. The quantitative estimate of drug-likeness (QED) is 0.743. The van der Waals surface area contributed by atoms with Gasteiger partial charge in [0.1, 0.15) is 5.52 Å². The van der Waals surface area contributed by atoms with E-state index in [1.54, 1.807) is 0 Å². The van der Waals surface area contributed by atoms with E-state index in [0.717, 1.165) is 42.8 Å². The third-order valence-electron chi connectivity index (χ3n) is 3.34. The van der Waals surface area contributed by atoms with Crippen molar-refractivity contribution < 1.29 is 0 Å². The number of rotatable bonds is 1. The molecule has 0 saturated heterocycles. The van der Waals surface area contributed by atoms with E-state index in [1.807, 2.05) is 0 Å². The number of likely N-dealkylation sites (N-methyl/N-ethyl adjacent to an activating group) is 1. The van der Waals surface area contributed by atoms with Crippen LogP contribution in [0.25, 0.3) is 11.0 Å². The van der Waals surface area contributed by atoms with Crippen molar-refractivity contribution in [3.8, 4) is 0 Å². The van der Waals surface area contributed by atoms with Crippen molar-refractivity contribution in [3.63, 3.8) is 0 Å². The van der Waals surface area contributed by atoms with E-state index in [4.69, 9.17) is 0 Å². The van der Waals surface area contributed by atoms with Crippen molar-refractivity contribution in [2.75, 3.05) is 13.6 Å². The van der Waals surface area contributed by atoms with Crippen molar-refractivity contribution in [3.05, 3.63) is 29.1 Å². The third kappa shape index (κ3) is 1.89. The number of aryl methyl sites for hydroxylation is 1. The summed E-state index contributed by atoms with van der Waals surface area (Å²) in [6.07, 6.45) is 1.93. The van der Waals surface area contributed by atoms with Crippen LogP contribution in [0.1, 0.15) is 23.9 Å². The van der Waals surface area contributed by atoms with Gasteiger partial charge in [-0.3, -0.25) is 0 Å². The lowest BCUT2D eigenvalue weighted by atomic mass is 9.99. The maximum atomic E-state index is 4.53. The fourth-order valence-electron chi connectivity index (χ4n) is 2.32. The molecular weight excluding hydrogens is 212 g/mol. The molecule has 2 aromatic rings. The number of nitrogens with zero attached hydrogens (tertiary/aromatic N) is 4. The van der Waals surface area contributed by atoms with Crippen molar-refractivity contribution in [1.82, 2.24) is 20.1 Å². The molecule has 0 spiro atoms. The normalized spacial score (nSPS) is 16.1. The van der Waals surface area contributed by atoms with E-state index < -0.39 is 0 Å². The van der Waals surface area contributed by atoms with Crippen LogP contribution in [0.5, 0.6) is 0 Å². The molecule has 0 atom stereocenters. The second-order valence-corrected chi connectivity index (χ2v) is 4.68. The Kier molecular flexibility index (Phi) is 2.52. The first-order valence-electron chi connectivity index (χ1n) is 6.10. The van der Waals surface area contributed by atoms with Crippen molar-refractivity contribution in [2.45, 2.75) is 26.3 Å². The fraction of sp³-hybridized carbons (Fsp3) is 0.462. The Bertz CT molecular complexity index is 565. The molecule has 0 aliphatic carbocycles. The molecule has 1 aromatic heterocycles. The average molecular weight is 228 g/mol. The Hall–Kier alpha value is -1.55. The van der Waals surface area contributed by atoms with Gasteiger partial charge < -0.3 is 4.90 Å². The predicted molar refractivity (Wildman–Crippen MR) is 66.7 cm³/mol. The SMILES string of the molecule is CCc1nnc2cc3c(cc2n1)CN(C)CC3. The van der Waals surface area contributed by atoms with Crippen LogP contribution in [-0.2, 0) is 19.4 Å². The largest absolute Gasteiger partial charge is 0.302 e. The molecular formula is C13H16N4. The first kappa shape index (κ1) is 10.6. The second kappa shape index (κ2) is 4.04. The Morgan fingerprint density at radius 3 is 2.82 bits per heavy atom. The smallest absolute Gasteiger partial charge is 0.151 e. The van der Waals surface area contributed by atoms with Gasteiger partial charge in [0.05, 0.1) is 5.52 Å². The van der Waals surface area contributed by atoms with Gasteiger partial charge in [0.15, 0.2) is 5.82 Å². The summed E-state index contributed by atoms with van der Waals surface area (Å²) in [7, 11) is 2.16. The summed E-state index contributed by atoms with van der Waals surface area (Å²) in [5, 5.41) is 8.37. The van der Waals surface area contributed by atoms with Gasteiger partial charge in [-0.05, 0) is 36.7 Å². The molecule has 0 saturated carbocycles. The summed E-state index contributed by atoms with van der Waals surface area (Å²) in [6.45, 7) is 4.18. The zero-order valence-electron chi connectivity index (χ0n) is 10.3. The van der Waals surface area contributed by atoms with E-state index in [-0.39, 0.29) is 0 Å². The summed E-state index contributed by atoms with van der Waals surface area (Å²) in [4.78, 5) is 6.87. The van der Waals surface area contributed by atoms with Gasteiger partial charge in [-0.25, -0.2) is 4.98 Å². The van der Waals surface area contributed by atoms with Gasteiger partial charge in [0.25, 0.3) is 0 Å². The Labute approximate surface area is 101 Å². The van der Waals surface area contributed by atoms with Gasteiger partial charge in [0.2, 0.25) is 0 Å². The van der Waals surface area contributed by atoms with Gasteiger partial charge in [-0.1, -0.05) is 6.92 Å². The summed E-state index contributed by atoms with van der Waals surface area (Å²) in [5.41, 5.74) is 4.68. The third-order valence-corrected chi connectivity index (χ3v) is 3.34. The Morgan fingerprint density at radius 2 is 2.00 bits per heavy atom. The van der Waals surface area contributed by atoms with E-state index in [2.05, 4.69) is 46.2 Å². The highest BCUT2D eigenvalue weighted by Gasteiger charge is 2.14. The molecule has 1 aliphatic heterocycles. The molecule has 4 heteroatoms. The van der Waals surface area contributed by atoms with Crippen LogP contribution in [0, 0.1) is 0 Å². The lowest BCUT2D eigenvalue weighted by Crippen LogP contribution is -2.26. The standard InChI is InChI=1S/C13H16N4/c1-3-13-14-11-7-10-8-17(2)5-4-9(10)6-12(11)15-16-13/h6-7H,3-5,8H2,1-2H3. The van der Waals surface area contributed by atoms with E-state index >= 15 is 0 Å². The van der Waals surface area contributed by atoms with E-state index in [1.165, 1.54) is 11.1 Å². The molecule has 0 amide bonds. The summed E-state index contributed by atoms with van der Waals surface area (Å²) < 4.78 is 0. The number of aromatic nitrogens is 3. The topological polar surface area (TPSA) is 41.9 Å². The predicted octanol–water partition coefficient (Wildman–Crippen LogP) is 1.58. The second-order valence-electron chi connectivity index (χ2n) is 4.68. The fourth-order valence-corrected chi connectivity index (χ4v) is 2.32. The zero-order valence-corrected chi connectivity index (χ0v) is 10.3. The molecule has 0 radical (unpaired) electrons. The average Bonchev–Trinajstić information content (AvgIpc) is 2.35. The zero-order chi connectivity index (χ0) is 11.8. The monoisotopic (exact) mass is 228 g/mol. The molecule has 4 nitrogen and oxygen atoms in total. The summed E-state index contributed by atoms with van der Waals surface area (Å²) >= 11 is 0. The molecule has 0 bridgehead atoms. The van der Waals surface area contributed by atoms with Gasteiger partial charge in [0, 0.05) is 19.5 Å².